The van der Waals surface area contributed by atoms with Crippen LogP contribution in [0.25, 0.3) is 56.1 Å². The fraction of sp³-hybridized carbons (Fsp3) is 0.443. The van der Waals surface area contributed by atoms with Crippen molar-refractivity contribution in [3.05, 3.63) is 300 Å². The van der Waals surface area contributed by atoms with E-state index in [1.54, 1.807) is 86.5 Å². The molecule has 8 aromatic carbocycles. The fourth-order valence-corrected chi connectivity index (χ4v) is 32.2. The number of hydrogen-bond donors (Lipinski definition) is 4. The van der Waals surface area contributed by atoms with Gasteiger partial charge in [0.25, 0.3) is 6.01 Å². The first kappa shape index (κ1) is 88.9. The van der Waals surface area contributed by atoms with Gasteiger partial charge in [-0.05, 0) is 243 Å². The monoisotopic (exact) mass is 1900 g/mol. The predicted octanol–water partition coefficient (Wildman–Crippen LogP) is 19.7. The second-order valence-corrected chi connectivity index (χ2v) is 45.0. The summed E-state index contributed by atoms with van der Waals surface area (Å²) in [5.74, 6) is 1.57. The highest BCUT2D eigenvalue weighted by molar-refractivity contribution is 5.82. The topological polar surface area (TPSA) is 242 Å². The molecule has 26 heteroatoms. The summed E-state index contributed by atoms with van der Waals surface area (Å²) in [6, 6.07) is 56.2. The van der Waals surface area contributed by atoms with Crippen molar-refractivity contribution in [2.24, 2.45) is 45.3 Å². The van der Waals surface area contributed by atoms with Gasteiger partial charge in [-0.2, -0.15) is 4.98 Å². The number of fused-ring (bicyclic) bond motifs is 13. The number of amides is 3. The second-order valence-electron chi connectivity index (χ2n) is 45.0. The number of imidazole rings is 4. The molecule has 12 aliphatic heterocycles. The van der Waals surface area contributed by atoms with Gasteiger partial charge in [0.2, 0.25) is 17.7 Å². The number of para-hydroxylation sites is 2. The number of halogens is 5. The van der Waals surface area contributed by atoms with Crippen molar-refractivity contribution >= 4 is 34.8 Å². The van der Waals surface area contributed by atoms with Gasteiger partial charge in [0.15, 0.2) is 5.58 Å². The van der Waals surface area contributed by atoms with Crippen molar-refractivity contribution in [2.75, 3.05) is 4.90 Å². The van der Waals surface area contributed by atoms with Crippen LogP contribution in [0.5, 0.6) is 0 Å². The molecule has 20 aliphatic rings. The van der Waals surface area contributed by atoms with E-state index in [2.05, 4.69) is 39.5 Å². The van der Waals surface area contributed by atoms with E-state index in [-0.39, 0.29) is 135 Å². The molecule has 13 aromatic rings. The van der Waals surface area contributed by atoms with E-state index in [0.717, 1.165) is 207 Å². The first-order valence-electron chi connectivity index (χ1n) is 51.4. The predicted molar refractivity (Wildman–Crippen MR) is 519 cm³/mol. The lowest BCUT2D eigenvalue weighted by Gasteiger charge is -2.63. The van der Waals surface area contributed by atoms with Crippen LogP contribution in [-0.2, 0) is 33.6 Å². The number of aliphatic hydroxyl groups excluding tert-OH is 4. The Morgan fingerprint density at radius 3 is 0.908 bits per heavy atom. The number of carbonyl (C=O) groups excluding carboxylic acids is 3. The van der Waals surface area contributed by atoms with E-state index in [0.29, 0.717) is 96.5 Å². The number of hydrogen-bond acceptors (Lipinski definition) is 14. The van der Waals surface area contributed by atoms with E-state index in [4.69, 9.17) is 9.40 Å². The molecule has 16 atom stereocenters. The molecule has 3 amide bonds. The van der Waals surface area contributed by atoms with E-state index in [1.807, 2.05) is 127 Å². The van der Waals surface area contributed by atoms with Crippen LogP contribution in [0, 0.1) is 74.4 Å². The maximum atomic E-state index is 15.0. The summed E-state index contributed by atoms with van der Waals surface area (Å²) in [6.07, 6.45) is 34.2. The van der Waals surface area contributed by atoms with Crippen LogP contribution in [-0.4, -0.2) is 169 Å². The molecule has 16 unspecified atom stereocenters. The minimum absolute atomic E-state index is 0.0925. The highest BCUT2D eigenvalue weighted by atomic mass is 19.1. The minimum Gasteiger partial charge on any atom is -0.423 e. The summed E-state index contributed by atoms with van der Waals surface area (Å²) in [6.45, 7) is 0. The Morgan fingerprint density at radius 2 is 0.603 bits per heavy atom. The largest absolute Gasteiger partial charge is 0.423 e. The van der Waals surface area contributed by atoms with Crippen LogP contribution in [0.4, 0.5) is 28.0 Å². The SMILES string of the molecule is O=C(Cc1ccc(F)cc1)N1C2CC3CC1CC(C(O)CC1c4c(F)cccc4-c4cncn41)(C3)C2.O=C(Cc1ccccc1)N1C2CC3CC1CC(C(O)CC1c4c(F)cccc4-c4cncn41)(C3)C2.O=C(Cc1ccccc1)N1C2CC3CC1CC(C(O)CC1c4c(F)cccc4-c4cncn41)(C3)C2.OC(CC1c2c(F)cccc2-c2cncn21)C12CC3CC(C1)N(c1nc4ccccc4o1)C(C3)C2. The summed E-state index contributed by atoms with van der Waals surface area (Å²) in [7, 11) is 0. The zero-order valence-electron chi connectivity index (χ0n) is 78.7. The molecule has 16 bridgehead atoms. The third-order valence-electron chi connectivity index (χ3n) is 37.2. The maximum absolute atomic E-state index is 15.0. The van der Waals surface area contributed by atoms with Crippen molar-refractivity contribution < 1.29 is 61.2 Å². The van der Waals surface area contributed by atoms with Crippen LogP contribution in [0.3, 0.4) is 0 Å². The molecular weight excluding hydrogens is 1790 g/mol. The Hall–Kier alpha value is -12.2. The molecular formula is C115H116F5N13O8. The van der Waals surface area contributed by atoms with Crippen LogP contribution in [0.15, 0.2) is 237 Å². The zero-order valence-corrected chi connectivity index (χ0v) is 78.7. The molecule has 5 aromatic heterocycles. The van der Waals surface area contributed by atoms with Gasteiger partial charge in [0, 0.05) is 115 Å². The number of nitrogens with zero attached hydrogens (tertiary/aromatic N) is 13. The molecule has 21 nitrogen and oxygen atoms in total. The lowest BCUT2D eigenvalue weighted by Crippen LogP contribution is -2.66. The first-order chi connectivity index (χ1) is 68.6. The normalized spacial score (nSPS) is 30.8. The van der Waals surface area contributed by atoms with E-state index < -0.39 is 24.4 Å². The number of benzene rings is 8. The highest BCUT2D eigenvalue weighted by Gasteiger charge is 2.64. The summed E-state index contributed by atoms with van der Waals surface area (Å²) in [5, 5.41) is 47.1. The third kappa shape index (κ3) is 14.9. The highest BCUT2D eigenvalue weighted by Crippen LogP contribution is 2.66. The average molecular weight is 1900 g/mol. The molecule has 16 fully saturated rings. The van der Waals surface area contributed by atoms with Gasteiger partial charge in [0.1, 0.15) is 34.6 Å². The summed E-state index contributed by atoms with van der Waals surface area (Å²) in [4.78, 5) is 70.8. The number of anilines is 1. The van der Waals surface area contributed by atoms with Crippen LogP contribution in [0.1, 0.15) is 217 Å². The average Bonchev–Trinajstić information content (AvgIpc) is 1.01. The van der Waals surface area contributed by atoms with Gasteiger partial charge >= 0.3 is 0 Å². The summed E-state index contributed by atoms with van der Waals surface area (Å²) in [5.41, 5.74) is 13.7. The third-order valence-corrected chi connectivity index (χ3v) is 37.2. The van der Waals surface area contributed by atoms with Crippen LogP contribution in [0.2, 0.25) is 0 Å². The molecule has 8 saturated carbocycles. The molecule has 33 rings (SSSR count). The lowest BCUT2D eigenvalue weighted by molar-refractivity contribution is -0.174. The van der Waals surface area contributed by atoms with E-state index in [1.165, 1.54) is 36.4 Å². The Morgan fingerprint density at radius 1 is 0.326 bits per heavy atom. The van der Waals surface area contributed by atoms with Gasteiger partial charge in [0.05, 0.1) is 141 Å². The van der Waals surface area contributed by atoms with Gasteiger partial charge < -0.3 is 62.7 Å². The minimum atomic E-state index is -0.592. The molecule has 0 radical (unpaired) electrons. The summed E-state index contributed by atoms with van der Waals surface area (Å²) >= 11 is 0. The number of oxazole rings is 1. The Kier molecular flexibility index (Phi) is 21.6. The van der Waals surface area contributed by atoms with Crippen LogP contribution < -0.4 is 4.90 Å². The molecule has 724 valence electrons. The van der Waals surface area contributed by atoms with Crippen molar-refractivity contribution in [1.82, 2.24) is 57.9 Å². The number of aliphatic hydroxyl groups is 4. The second kappa shape index (κ2) is 34.3. The van der Waals surface area contributed by atoms with Gasteiger partial charge in [-0.25, -0.2) is 41.9 Å². The van der Waals surface area contributed by atoms with Gasteiger partial charge in [-0.3, -0.25) is 14.4 Å². The molecule has 8 aliphatic carbocycles. The van der Waals surface area contributed by atoms with E-state index >= 15 is 0 Å². The maximum Gasteiger partial charge on any atom is 0.298 e. The van der Waals surface area contributed by atoms with Crippen molar-refractivity contribution in [3.63, 3.8) is 0 Å². The molecule has 17 heterocycles. The van der Waals surface area contributed by atoms with Gasteiger partial charge in [-0.1, -0.05) is 133 Å². The van der Waals surface area contributed by atoms with Crippen LogP contribution >= 0.6 is 0 Å². The number of carbonyl (C=O) groups is 3. The molecule has 0 spiro atoms. The number of rotatable bonds is 19. The Balaban J connectivity index is 0.0000000965. The zero-order chi connectivity index (χ0) is 95.4. The smallest absolute Gasteiger partial charge is 0.298 e. The van der Waals surface area contributed by atoms with Crippen molar-refractivity contribution in [3.8, 4) is 45.0 Å². The van der Waals surface area contributed by atoms with E-state index in [9.17, 15) is 56.8 Å². The fourth-order valence-electron chi connectivity index (χ4n) is 32.2. The Labute approximate surface area is 814 Å². The molecule has 141 heavy (non-hydrogen) atoms. The van der Waals surface area contributed by atoms with Gasteiger partial charge in [-0.15, -0.1) is 0 Å². The van der Waals surface area contributed by atoms with Crippen molar-refractivity contribution in [2.45, 2.75) is 270 Å². The lowest BCUT2D eigenvalue weighted by atomic mass is 9.52. The molecule has 4 N–H and O–H groups in total. The quantitative estimate of drug-likeness (QED) is 0.0551. The standard InChI is InChI=1S/C29H29F2N3O2.2C29H30FN3O2.C28H27FN4O2/c30-19-6-4-17(5-7-19)10-27(36)34-20-8-18-9-21(34)14-29(12-18,13-20)26(35)11-24-28-22(2-1-3-23(28)31)25-15-32-16-33(24)25;2*30-23-8-4-7-22-25-16-31-17-32(25)24(28(22)23)12-26(34)29-13-19-9-20(14-29)33(21(10-19)15-29)27(35)11-18-5-2-1-3-6-18;29-20-5-3-4-19-23-14-30-15-32(23)22(26(19)20)10-25(34)28-11-16-8-17(12-28)33(18(9-16)13-28)27-31-21-6-1-2-7-24(21)35-27/h1-7,15-16,18,20-21,24,26,35H,8-14H2;2*1-8,16-17,19-21,24,26,34H,9-15H2;1-7,14-18,22,25,34H,8-13H2. The van der Waals surface area contributed by atoms with Crippen molar-refractivity contribution in [1.29, 1.82) is 0 Å². The summed E-state index contributed by atoms with van der Waals surface area (Å²) < 4.78 is 87.4. The Bertz CT molecular complexity index is 6720. The first-order valence-corrected chi connectivity index (χ1v) is 51.4. The number of piperidine rings is 8. The number of aromatic nitrogens is 9. The molecule has 8 saturated heterocycles.